The van der Waals surface area contributed by atoms with Crippen LogP contribution in [0.15, 0.2) is 30.5 Å². The number of rotatable bonds is 3. The van der Waals surface area contributed by atoms with E-state index < -0.39 is 17.4 Å². The van der Waals surface area contributed by atoms with Crippen molar-refractivity contribution in [2.75, 3.05) is 0 Å². The molecule has 4 rings (SSSR count). The van der Waals surface area contributed by atoms with Crippen molar-refractivity contribution in [3.8, 4) is 11.8 Å². The summed E-state index contributed by atoms with van der Waals surface area (Å²) in [5.74, 6) is 0.671. The molecule has 1 amide bonds. The van der Waals surface area contributed by atoms with Gasteiger partial charge in [-0.15, -0.1) is 0 Å². The number of fused-ring (bicyclic) bond motifs is 1. The molecule has 0 spiro atoms. The molecule has 0 unspecified atom stereocenters. The standard InChI is InChI=1S/C13H13F3N2O.C11H13NO/c14-13(15,16)11-6-10(8-18-12(11)7-17)19-9-4-2-1-3-5-9;1-7(2)8-3-4-10-9(5-8)6-12-11(10)13/h6,8-9H,1-5H2;3-5,7H,6H2,1-2H3,(H,12,13). The van der Waals surface area contributed by atoms with Crippen LogP contribution in [0, 0.1) is 11.3 Å². The molecule has 8 heteroatoms. The fourth-order valence-electron chi connectivity index (χ4n) is 3.80. The van der Waals surface area contributed by atoms with Crippen LogP contribution in [0.2, 0.25) is 0 Å². The summed E-state index contributed by atoms with van der Waals surface area (Å²) in [7, 11) is 0. The number of pyridine rings is 1. The van der Waals surface area contributed by atoms with Crippen molar-refractivity contribution in [2.24, 2.45) is 0 Å². The number of carbonyl (C=O) groups is 1. The van der Waals surface area contributed by atoms with Crippen LogP contribution in [0.1, 0.15) is 84.6 Å². The quantitative estimate of drug-likeness (QED) is 0.654. The maximum atomic E-state index is 12.7. The number of hydrogen-bond acceptors (Lipinski definition) is 4. The second-order valence-electron chi connectivity index (χ2n) is 8.31. The first-order valence-corrected chi connectivity index (χ1v) is 10.7. The van der Waals surface area contributed by atoms with Crippen LogP contribution < -0.4 is 10.1 Å². The summed E-state index contributed by atoms with van der Waals surface area (Å²) in [4.78, 5) is 14.8. The molecule has 2 heterocycles. The fraction of sp³-hybridized carbons (Fsp3) is 0.458. The number of nitrogens with one attached hydrogen (secondary N) is 1. The summed E-state index contributed by atoms with van der Waals surface area (Å²) in [6, 6.07) is 8.39. The first-order chi connectivity index (χ1) is 15.2. The topological polar surface area (TPSA) is 75.0 Å². The molecule has 32 heavy (non-hydrogen) atoms. The normalized spacial score (nSPS) is 16.0. The third-order valence-corrected chi connectivity index (χ3v) is 5.61. The predicted molar refractivity (Wildman–Crippen MR) is 113 cm³/mol. The molecule has 0 bridgehead atoms. The molecule has 0 saturated heterocycles. The van der Waals surface area contributed by atoms with Crippen molar-refractivity contribution in [1.29, 1.82) is 5.26 Å². The number of nitrogens with zero attached hydrogens (tertiary/aromatic N) is 2. The van der Waals surface area contributed by atoms with Crippen LogP contribution in [-0.4, -0.2) is 17.0 Å². The number of hydrogen-bond donors (Lipinski definition) is 1. The molecular weight excluding hydrogens is 419 g/mol. The number of aromatic nitrogens is 1. The number of benzene rings is 1. The van der Waals surface area contributed by atoms with Crippen molar-refractivity contribution in [3.05, 3.63) is 58.4 Å². The van der Waals surface area contributed by atoms with E-state index in [1.54, 1.807) is 0 Å². The van der Waals surface area contributed by atoms with Crippen LogP contribution in [0.3, 0.4) is 0 Å². The Hall–Kier alpha value is -3.08. The Labute approximate surface area is 185 Å². The van der Waals surface area contributed by atoms with E-state index in [2.05, 4.69) is 30.2 Å². The van der Waals surface area contributed by atoms with Crippen LogP contribution in [0.25, 0.3) is 0 Å². The molecule has 1 aliphatic carbocycles. The van der Waals surface area contributed by atoms with Crippen molar-refractivity contribution in [2.45, 2.75) is 70.7 Å². The molecular formula is C24H26F3N3O2. The lowest BCUT2D eigenvalue weighted by atomic mass is 9.98. The number of halogens is 3. The first-order valence-electron chi connectivity index (χ1n) is 10.7. The van der Waals surface area contributed by atoms with Gasteiger partial charge in [0.25, 0.3) is 5.91 Å². The average Bonchev–Trinajstić information content (AvgIpc) is 3.14. The van der Waals surface area contributed by atoms with E-state index in [-0.39, 0.29) is 17.8 Å². The first kappa shape index (κ1) is 23.6. The minimum absolute atomic E-state index is 0.0513. The largest absolute Gasteiger partial charge is 0.489 e. The van der Waals surface area contributed by atoms with E-state index in [9.17, 15) is 18.0 Å². The lowest BCUT2D eigenvalue weighted by Gasteiger charge is -2.23. The highest BCUT2D eigenvalue weighted by molar-refractivity contribution is 5.98. The van der Waals surface area contributed by atoms with Crippen molar-refractivity contribution < 1.29 is 22.7 Å². The van der Waals surface area contributed by atoms with Crippen molar-refractivity contribution in [3.63, 3.8) is 0 Å². The lowest BCUT2D eigenvalue weighted by molar-refractivity contribution is -0.138. The maximum absolute atomic E-state index is 12.7. The molecule has 1 aromatic heterocycles. The van der Waals surface area contributed by atoms with Gasteiger partial charge in [0.1, 0.15) is 11.8 Å². The van der Waals surface area contributed by atoms with Gasteiger partial charge in [-0.3, -0.25) is 4.79 Å². The number of alkyl halides is 3. The highest BCUT2D eigenvalue weighted by Crippen LogP contribution is 2.34. The van der Waals surface area contributed by atoms with E-state index >= 15 is 0 Å². The van der Waals surface area contributed by atoms with E-state index in [0.29, 0.717) is 12.5 Å². The second kappa shape index (κ2) is 10.0. The Morgan fingerprint density at radius 3 is 2.53 bits per heavy atom. The van der Waals surface area contributed by atoms with Gasteiger partial charge in [-0.05, 0) is 54.9 Å². The predicted octanol–water partition coefficient (Wildman–Crippen LogP) is 5.74. The molecule has 1 saturated carbocycles. The van der Waals surface area contributed by atoms with E-state index in [1.165, 1.54) is 17.8 Å². The third-order valence-electron chi connectivity index (χ3n) is 5.61. The van der Waals surface area contributed by atoms with Gasteiger partial charge in [0.15, 0.2) is 5.69 Å². The van der Waals surface area contributed by atoms with Crippen LogP contribution in [0.4, 0.5) is 13.2 Å². The van der Waals surface area contributed by atoms with Gasteiger partial charge in [0, 0.05) is 12.1 Å². The smallest absolute Gasteiger partial charge is 0.419 e. The van der Waals surface area contributed by atoms with E-state index in [0.717, 1.165) is 49.3 Å². The maximum Gasteiger partial charge on any atom is 0.419 e. The molecule has 1 fully saturated rings. The number of ether oxygens (including phenoxy) is 1. The van der Waals surface area contributed by atoms with E-state index in [4.69, 9.17) is 10.00 Å². The molecule has 2 aromatic rings. The van der Waals surface area contributed by atoms with Gasteiger partial charge in [0.05, 0.1) is 17.9 Å². The molecule has 170 valence electrons. The summed E-state index contributed by atoms with van der Waals surface area (Å²) in [6.07, 6.45) is 1.43. The Bertz CT molecular complexity index is 1010. The van der Waals surface area contributed by atoms with Crippen molar-refractivity contribution in [1.82, 2.24) is 10.3 Å². The SMILES string of the molecule is CC(C)c1ccc2c(c1)CNC2=O.N#Cc1ncc(OC2CCCCC2)cc1C(F)(F)F. The zero-order valence-electron chi connectivity index (χ0n) is 18.1. The summed E-state index contributed by atoms with van der Waals surface area (Å²) in [5, 5.41) is 11.5. The van der Waals surface area contributed by atoms with Gasteiger partial charge >= 0.3 is 6.18 Å². The van der Waals surface area contributed by atoms with Gasteiger partial charge in [-0.25, -0.2) is 4.98 Å². The van der Waals surface area contributed by atoms with Gasteiger partial charge in [-0.2, -0.15) is 18.4 Å². The zero-order chi connectivity index (χ0) is 23.3. The minimum Gasteiger partial charge on any atom is -0.489 e. The molecule has 1 N–H and O–H groups in total. The van der Waals surface area contributed by atoms with E-state index in [1.807, 2.05) is 12.1 Å². The monoisotopic (exact) mass is 445 g/mol. The fourth-order valence-corrected chi connectivity index (χ4v) is 3.80. The summed E-state index contributed by atoms with van der Waals surface area (Å²) in [6.45, 7) is 5.01. The van der Waals surface area contributed by atoms with Gasteiger partial charge < -0.3 is 10.1 Å². The summed E-state index contributed by atoms with van der Waals surface area (Å²) >= 11 is 0. The molecule has 1 aliphatic heterocycles. The van der Waals surface area contributed by atoms with Crippen LogP contribution >= 0.6 is 0 Å². The zero-order valence-corrected chi connectivity index (χ0v) is 18.1. The van der Waals surface area contributed by atoms with Gasteiger partial charge in [-0.1, -0.05) is 32.4 Å². The molecule has 0 atom stereocenters. The second-order valence-corrected chi connectivity index (χ2v) is 8.31. The highest BCUT2D eigenvalue weighted by atomic mass is 19.4. The Kier molecular flexibility index (Phi) is 7.39. The Balaban J connectivity index is 0.000000193. The number of nitriles is 1. The molecule has 5 nitrogen and oxygen atoms in total. The molecule has 1 aromatic carbocycles. The summed E-state index contributed by atoms with van der Waals surface area (Å²) < 4.78 is 43.8. The van der Waals surface area contributed by atoms with Gasteiger partial charge in [0.2, 0.25) is 0 Å². The van der Waals surface area contributed by atoms with Crippen LogP contribution in [-0.2, 0) is 12.7 Å². The Morgan fingerprint density at radius 2 is 1.91 bits per heavy atom. The average molecular weight is 445 g/mol. The molecule has 2 aliphatic rings. The lowest BCUT2D eigenvalue weighted by Crippen LogP contribution is -2.20. The highest BCUT2D eigenvalue weighted by Gasteiger charge is 2.35. The minimum atomic E-state index is -4.59. The van der Waals surface area contributed by atoms with Crippen LogP contribution in [0.5, 0.6) is 5.75 Å². The summed E-state index contributed by atoms with van der Waals surface area (Å²) in [5.41, 5.74) is 1.61. The number of carbonyl (C=O) groups excluding carboxylic acids is 1. The van der Waals surface area contributed by atoms with Crippen molar-refractivity contribution >= 4 is 5.91 Å². The molecule has 0 radical (unpaired) electrons. The third kappa shape index (κ3) is 5.78. The Morgan fingerprint density at radius 1 is 1.19 bits per heavy atom. The number of amides is 1.